The molecule has 5 rings (SSSR count). The second-order valence-corrected chi connectivity index (χ2v) is 11.5. The second kappa shape index (κ2) is 7.53. The summed E-state index contributed by atoms with van der Waals surface area (Å²) in [7, 11) is 0. The highest BCUT2D eigenvalue weighted by molar-refractivity contribution is 5.32. The van der Waals surface area contributed by atoms with E-state index in [1.165, 1.54) is 5.57 Å². The van der Waals surface area contributed by atoms with Crippen molar-refractivity contribution in [2.24, 2.45) is 28.6 Å². The standard InChI is InChI=1S/C26H42O5/c1-6-28-18(3)31-22-17(2)15-21-20-8-7-19-16-25(29-13-14-30-25)11-10-24(19,5)26(20,27)12-9-23(21,22)4/h7,17-18,20-22,27H,6,8-16H2,1-5H3/t17-,18?,20-,21-,22-,23-,24-,26+/m0/s1. The number of hydrogen-bond acceptors (Lipinski definition) is 5. The lowest BCUT2D eigenvalue weighted by molar-refractivity contribution is -0.236. The average Bonchev–Trinajstić information content (AvgIpc) is 3.28. The highest BCUT2D eigenvalue weighted by atomic mass is 16.7. The van der Waals surface area contributed by atoms with Crippen LogP contribution in [0.25, 0.3) is 0 Å². The normalized spacial score (nSPS) is 49.3. The molecule has 1 N–H and O–H groups in total. The SMILES string of the molecule is CCOC(C)O[C@H]1[C@@H](C)C[C@H]2[C@@H]3CC=C4CC5(CC[C@]4(C)[C@@]3(O)CC[C@@]21C)OCCO5. The topological polar surface area (TPSA) is 57.2 Å². The summed E-state index contributed by atoms with van der Waals surface area (Å²) in [6.07, 6.45) is 9.04. The second-order valence-electron chi connectivity index (χ2n) is 11.5. The van der Waals surface area contributed by atoms with Crippen LogP contribution in [0.5, 0.6) is 0 Å². The Morgan fingerprint density at radius 3 is 2.58 bits per heavy atom. The Morgan fingerprint density at radius 1 is 1.13 bits per heavy atom. The molecule has 1 spiro atoms. The van der Waals surface area contributed by atoms with Gasteiger partial charge in [-0.2, -0.15) is 0 Å². The summed E-state index contributed by atoms with van der Waals surface area (Å²) in [5, 5.41) is 12.4. The summed E-state index contributed by atoms with van der Waals surface area (Å²) in [6.45, 7) is 13.2. The maximum absolute atomic E-state index is 12.4. The minimum Gasteiger partial charge on any atom is -0.389 e. The molecule has 4 fully saturated rings. The van der Waals surface area contributed by atoms with Crippen molar-refractivity contribution in [3.63, 3.8) is 0 Å². The average molecular weight is 435 g/mol. The predicted molar refractivity (Wildman–Crippen MR) is 118 cm³/mol. The summed E-state index contributed by atoms with van der Waals surface area (Å²) in [6, 6.07) is 0. The first-order valence-corrected chi connectivity index (χ1v) is 12.6. The maximum Gasteiger partial charge on any atom is 0.172 e. The van der Waals surface area contributed by atoms with Crippen molar-refractivity contribution in [2.45, 2.75) is 103 Å². The molecule has 1 unspecified atom stereocenters. The van der Waals surface area contributed by atoms with Crippen LogP contribution in [0, 0.1) is 28.6 Å². The maximum atomic E-state index is 12.4. The zero-order valence-corrected chi connectivity index (χ0v) is 20.1. The van der Waals surface area contributed by atoms with Gasteiger partial charge in [-0.3, -0.25) is 0 Å². The van der Waals surface area contributed by atoms with E-state index in [0.29, 0.717) is 31.7 Å². The van der Waals surface area contributed by atoms with Crippen molar-refractivity contribution in [2.75, 3.05) is 19.8 Å². The van der Waals surface area contributed by atoms with Crippen LogP contribution in [-0.2, 0) is 18.9 Å². The molecule has 4 aliphatic carbocycles. The van der Waals surface area contributed by atoms with Crippen LogP contribution in [0.2, 0.25) is 0 Å². The molecule has 0 aromatic rings. The van der Waals surface area contributed by atoms with Crippen LogP contribution < -0.4 is 0 Å². The quantitative estimate of drug-likeness (QED) is 0.508. The van der Waals surface area contributed by atoms with E-state index < -0.39 is 11.4 Å². The van der Waals surface area contributed by atoms with Crippen molar-refractivity contribution in [3.05, 3.63) is 11.6 Å². The first kappa shape index (κ1) is 22.3. The van der Waals surface area contributed by atoms with Crippen molar-refractivity contribution in [3.8, 4) is 0 Å². The van der Waals surface area contributed by atoms with E-state index in [9.17, 15) is 5.11 Å². The number of hydrogen-bond donors (Lipinski definition) is 1. The number of aliphatic hydroxyl groups is 1. The largest absolute Gasteiger partial charge is 0.389 e. The summed E-state index contributed by atoms with van der Waals surface area (Å²) in [5.74, 6) is 0.810. The van der Waals surface area contributed by atoms with Gasteiger partial charge < -0.3 is 24.1 Å². The molecule has 0 aromatic carbocycles. The number of rotatable bonds is 4. The molecule has 0 bridgehead atoms. The van der Waals surface area contributed by atoms with Gasteiger partial charge in [-0.25, -0.2) is 0 Å². The number of allylic oxidation sites excluding steroid dienone is 1. The Labute approximate surface area is 187 Å². The van der Waals surface area contributed by atoms with Crippen LogP contribution in [0.3, 0.4) is 0 Å². The minimum atomic E-state index is -0.651. The third-order valence-corrected chi connectivity index (χ3v) is 10.1. The van der Waals surface area contributed by atoms with Gasteiger partial charge >= 0.3 is 0 Å². The van der Waals surface area contributed by atoms with Crippen LogP contribution in [0.4, 0.5) is 0 Å². The summed E-state index contributed by atoms with van der Waals surface area (Å²) in [4.78, 5) is 0. The van der Waals surface area contributed by atoms with Crippen LogP contribution in [0.1, 0.15) is 79.6 Å². The molecule has 1 heterocycles. The first-order valence-electron chi connectivity index (χ1n) is 12.6. The van der Waals surface area contributed by atoms with Gasteiger partial charge in [0, 0.05) is 24.9 Å². The van der Waals surface area contributed by atoms with Crippen LogP contribution in [-0.4, -0.2) is 48.7 Å². The Balaban J connectivity index is 1.43. The summed E-state index contributed by atoms with van der Waals surface area (Å²) in [5.41, 5.74) is 0.628. The van der Waals surface area contributed by atoms with Crippen molar-refractivity contribution in [1.29, 1.82) is 0 Å². The van der Waals surface area contributed by atoms with E-state index in [-0.39, 0.29) is 29.1 Å². The first-order chi connectivity index (χ1) is 14.7. The zero-order valence-electron chi connectivity index (χ0n) is 20.1. The minimum absolute atomic E-state index is 0.0942. The molecule has 8 atom stereocenters. The van der Waals surface area contributed by atoms with E-state index in [4.69, 9.17) is 18.9 Å². The van der Waals surface area contributed by atoms with Gasteiger partial charge in [0.2, 0.25) is 0 Å². The molecule has 3 saturated carbocycles. The van der Waals surface area contributed by atoms with Gasteiger partial charge in [0.25, 0.3) is 0 Å². The van der Waals surface area contributed by atoms with Crippen molar-refractivity contribution in [1.82, 2.24) is 0 Å². The smallest absolute Gasteiger partial charge is 0.172 e. The van der Waals surface area contributed by atoms with Gasteiger partial charge in [0.05, 0.1) is 24.9 Å². The van der Waals surface area contributed by atoms with Crippen molar-refractivity contribution >= 4 is 0 Å². The van der Waals surface area contributed by atoms with E-state index in [2.05, 4.69) is 26.8 Å². The molecule has 1 saturated heterocycles. The Kier molecular flexibility index (Phi) is 5.42. The number of ether oxygens (including phenoxy) is 4. The summed E-state index contributed by atoms with van der Waals surface area (Å²) < 4.78 is 24.3. The molecule has 5 aliphatic rings. The molecule has 31 heavy (non-hydrogen) atoms. The molecule has 0 aromatic heterocycles. The highest BCUT2D eigenvalue weighted by Gasteiger charge is 2.68. The Bertz CT molecular complexity index is 729. The fourth-order valence-electron chi connectivity index (χ4n) is 8.38. The molecular formula is C26H42O5. The Hall–Kier alpha value is -0.460. The van der Waals surface area contributed by atoms with Gasteiger partial charge in [-0.05, 0) is 69.1 Å². The fourth-order valence-corrected chi connectivity index (χ4v) is 8.38. The molecule has 5 heteroatoms. The number of fused-ring (bicyclic) bond motifs is 5. The fraction of sp³-hybridized carbons (Fsp3) is 0.923. The molecule has 0 amide bonds. The lowest BCUT2D eigenvalue weighted by Crippen LogP contribution is -2.64. The lowest BCUT2D eigenvalue weighted by atomic mass is 9.45. The van der Waals surface area contributed by atoms with E-state index in [1.54, 1.807) is 0 Å². The van der Waals surface area contributed by atoms with Crippen molar-refractivity contribution < 1.29 is 24.1 Å². The molecule has 1 aliphatic heterocycles. The molecule has 5 nitrogen and oxygen atoms in total. The van der Waals surface area contributed by atoms with Crippen LogP contribution >= 0.6 is 0 Å². The molecule has 176 valence electrons. The van der Waals surface area contributed by atoms with Gasteiger partial charge in [0.15, 0.2) is 12.1 Å². The van der Waals surface area contributed by atoms with E-state index in [1.807, 2.05) is 13.8 Å². The Morgan fingerprint density at radius 2 is 1.87 bits per heavy atom. The lowest BCUT2D eigenvalue weighted by Gasteiger charge is -2.63. The highest BCUT2D eigenvalue weighted by Crippen LogP contribution is 2.68. The van der Waals surface area contributed by atoms with E-state index >= 15 is 0 Å². The van der Waals surface area contributed by atoms with Gasteiger partial charge in [-0.15, -0.1) is 0 Å². The summed E-state index contributed by atoms with van der Waals surface area (Å²) >= 11 is 0. The van der Waals surface area contributed by atoms with Gasteiger partial charge in [0.1, 0.15) is 0 Å². The molecule has 0 radical (unpaired) electrons. The van der Waals surface area contributed by atoms with Gasteiger partial charge in [-0.1, -0.05) is 32.4 Å². The van der Waals surface area contributed by atoms with E-state index in [0.717, 1.165) is 44.9 Å². The molecular weight excluding hydrogens is 392 g/mol. The third kappa shape index (κ3) is 3.13. The zero-order chi connectivity index (χ0) is 22.1. The predicted octanol–water partition coefficient (Wildman–Crippen LogP) is 4.82. The third-order valence-electron chi connectivity index (χ3n) is 10.1. The monoisotopic (exact) mass is 434 g/mol. The van der Waals surface area contributed by atoms with Crippen LogP contribution in [0.15, 0.2) is 11.6 Å².